The lowest BCUT2D eigenvalue weighted by molar-refractivity contribution is 1.44. The molecule has 0 radical (unpaired) electrons. The third kappa shape index (κ3) is 3.43. The minimum atomic E-state index is 0.771. The van der Waals surface area contributed by atoms with Crippen molar-refractivity contribution in [2.75, 3.05) is 5.73 Å². The van der Waals surface area contributed by atoms with Crippen molar-refractivity contribution in [3.63, 3.8) is 0 Å². The number of allylic oxidation sites excluding steroid dienone is 3. The Bertz CT molecular complexity index is 415. The second kappa shape index (κ2) is 5.15. The Hall–Kier alpha value is -1.83. The Kier molecular flexibility index (Phi) is 3.86. The van der Waals surface area contributed by atoms with Crippen molar-refractivity contribution in [3.05, 3.63) is 47.1 Å². The molecule has 3 N–H and O–H groups in total. The van der Waals surface area contributed by atoms with Gasteiger partial charge in [-0.2, -0.15) is 0 Å². The molecule has 0 fully saturated rings. The van der Waals surface area contributed by atoms with Crippen LogP contribution in [0.25, 0.3) is 6.08 Å². The van der Waals surface area contributed by atoms with Gasteiger partial charge in [0.05, 0.1) is 0 Å². The van der Waals surface area contributed by atoms with Gasteiger partial charge in [-0.3, -0.25) is 0 Å². The lowest BCUT2D eigenvalue weighted by Gasteiger charge is -2.00. The van der Waals surface area contributed by atoms with Crippen molar-refractivity contribution in [2.24, 2.45) is 0 Å². The van der Waals surface area contributed by atoms with E-state index in [0.717, 1.165) is 16.8 Å². The normalized spacial score (nSPS) is 12.0. The first-order valence-corrected chi connectivity index (χ1v) is 4.85. The van der Waals surface area contributed by atoms with Gasteiger partial charge in [-0.1, -0.05) is 24.3 Å². The van der Waals surface area contributed by atoms with Crippen LogP contribution in [0.4, 0.5) is 5.69 Å². The largest absolute Gasteiger partial charge is 0.399 e. The molecule has 0 saturated heterocycles. The number of aryl methyl sites for hydroxylation is 1. The van der Waals surface area contributed by atoms with Crippen LogP contribution >= 0.6 is 0 Å². The summed E-state index contributed by atoms with van der Waals surface area (Å²) in [6.07, 6.45) is 7.16. The van der Waals surface area contributed by atoms with Crippen molar-refractivity contribution in [3.8, 4) is 0 Å². The summed E-state index contributed by atoms with van der Waals surface area (Å²) < 4.78 is 0. The summed E-state index contributed by atoms with van der Waals surface area (Å²) in [7, 11) is 0. The zero-order valence-electron chi connectivity index (χ0n) is 9.12. The molecule has 0 aliphatic heterocycles. The maximum absolute atomic E-state index is 7.02. The molecule has 0 saturated carbocycles. The Balaban J connectivity index is 2.89. The van der Waals surface area contributed by atoms with Gasteiger partial charge in [-0.15, -0.1) is 0 Å². The predicted octanol–water partition coefficient (Wildman–Crippen LogP) is 3.19. The van der Waals surface area contributed by atoms with Crippen LogP contribution in [0.15, 0.2) is 35.9 Å². The lowest BCUT2D eigenvalue weighted by atomic mass is 10.1. The van der Waals surface area contributed by atoms with Gasteiger partial charge >= 0.3 is 0 Å². The Morgan fingerprint density at radius 1 is 1.40 bits per heavy atom. The van der Waals surface area contributed by atoms with Gasteiger partial charge in [0.25, 0.3) is 0 Å². The van der Waals surface area contributed by atoms with E-state index in [-0.39, 0.29) is 0 Å². The molecule has 1 aromatic rings. The molecule has 0 unspecified atom stereocenters. The fraction of sp³-hybridized carbons (Fsp3) is 0.154. The molecule has 78 valence electrons. The van der Waals surface area contributed by atoms with Gasteiger partial charge in [0, 0.05) is 11.9 Å². The van der Waals surface area contributed by atoms with Crippen molar-refractivity contribution in [1.29, 1.82) is 5.41 Å². The minimum Gasteiger partial charge on any atom is -0.399 e. The molecule has 1 aromatic carbocycles. The quantitative estimate of drug-likeness (QED) is 0.439. The summed E-state index contributed by atoms with van der Waals surface area (Å²) in [5.74, 6) is 0. The number of nitrogens with one attached hydrogen (secondary N) is 1. The maximum atomic E-state index is 7.02. The van der Waals surface area contributed by atoms with Crippen molar-refractivity contribution >= 4 is 18.0 Å². The van der Waals surface area contributed by atoms with Crippen LogP contribution in [0.2, 0.25) is 0 Å². The van der Waals surface area contributed by atoms with Gasteiger partial charge in [0.2, 0.25) is 0 Å². The van der Waals surface area contributed by atoms with Crippen LogP contribution in [-0.4, -0.2) is 6.21 Å². The number of nitrogens with two attached hydrogens (primary N) is 1. The first kappa shape index (κ1) is 11.2. The standard InChI is InChI=1S/C13H16N2/c1-10(9-14)4-3-5-12-8-13(15)7-6-11(12)2/h3-9,14H,15H2,1-2H3/b5-3+,10-4-,14-9?. The predicted molar refractivity (Wildman–Crippen MR) is 67.2 cm³/mol. The van der Waals surface area contributed by atoms with Gasteiger partial charge in [0.1, 0.15) is 0 Å². The highest BCUT2D eigenvalue weighted by Crippen LogP contribution is 2.14. The number of nitrogen functional groups attached to an aromatic ring is 1. The summed E-state index contributed by atoms with van der Waals surface area (Å²) >= 11 is 0. The van der Waals surface area contributed by atoms with Crippen LogP contribution in [0.3, 0.4) is 0 Å². The van der Waals surface area contributed by atoms with Gasteiger partial charge in [-0.25, -0.2) is 0 Å². The molecule has 0 amide bonds. The van der Waals surface area contributed by atoms with Crippen molar-refractivity contribution in [1.82, 2.24) is 0 Å². The van der Waals surface area contributed by atoms with E-state index in [2.05, 4.69) is 0 Å². The first-order valence-electron chi connectivity index (χ1n) is 4.85. The summed E-state index contributed by atoms with van der Waals surface area (Å²) in [4.78, 5) is 0. The van der Waals surface area contributed by atoms with E-state index in [4.69, 9.17) is 11.1 Å². The number of benzene rings is 1. The number of anilines is 1. The van der Waals surface area contributed by atoms with E-state index in [9.17, 15) is 0 Å². The van der Waals surface area contributed by atoms with Gasteiger partial charge in [0.15, 0.2) is 0 Å². The van der Waals surface area contributed by atoms with Gasteiger partial charge in [-0.05, 0) is 42.7 Å². The number of hydrogen-bond donors (Lipinski definition) is 2. The Labute approximate surface area is 90.6 Å². The fourth-order valence-electron chi connectivity index (χ4n) is 1.19. The molecule has 0 aliphatic rings. The van der Waals surface area contributed by atoms with Crippen molar-refractivity contribution < 1.29 is 0 Å². The second-order valence-corrected chi connectivity index (χ2v) is 3.53. The molecule has 1 rings (SSSR count). The highest BCUT2D eigenvalue weighted by atomic mass is 14.5. The van der Waals surface area contributed by atoms with Gasteiger partial charge < -0.3 is 11.1 Å². The summed E-state index contributed by atoms with van der Waals surface area (Å²) in [6.45, 7) is 3.94. The SMILES string of the molecule is C/C(C=N)=C/C=C/c1cc(N)ccc1C. The first-order chi connectivity index (χ1) is 7.13. The van der Waals surface area contributed by atoms with E-state index in [0.29, 0.717) is 0 Å². The molecule has 15 heavy (non-hydrogen) atoms. The number of rotatable bonds is 3. The van der Waals surface area contributed by atoms with E-state index < -0.39 is 0 Å². The third-order valence-corrected chi connectivity index (χ3v) is 2.17. The molecule has 2 nitrogen and oxygen atoms in total. The van der Waals surface area contributed by atoms with E-state index in [1.165, 1.54) is 11.8 Å². The Morgan fingerprint density at radius 2 is 2.13 bits per heavy atom. The zero-order valence-corrected chi connectivity index (χ0v) is 9.12. The molecule has 0 bridgehead atoms. The minimum absolute atomic E-state index is 0.771. The highest BCUT2D eigenvalue weighted by Gasteiger charge is 1.93. The molecule has 2 heteroatoms. The van der Waals surface area contributed by atoms with Crippen LogP contribution in [-0.2, 0) is 0 Å². The van der Waals surface area contributed by atoms with Crippen LogP contribution < -0.4 is 5.73 Å². The third-order valence-electron chi connectivity index (χ3n) is 2.17. The Morgan fingerprint density at radius 3 is 2.80 bits per heavy atom. The monoisotopic (exact) mass is 200 g/mol. The van der Waals surface area contributed by atoms with Crippen LogP contribution in [0.5, 0.6) is 0 Å². The maximum Gasteiger partial charge on any atom is 0.0320 e. The molecular formula is C13H16N2. The molecule has 0 aliphatic carbocycles. The topological polar surface area (TPSA) is 49.9 Å². The summed E-state index contributed by atoms with van der Waals surface area (Å²) in [6, 6.07) is 5.84. The van der Waals surface area contributed by atoms with Crippen LogP contribution in [0.1, 0.15) is 18.1 Å². The van der Waals surface area contributed by atoms with E-state index in [1.54, 1.807) is 0 Å². The molecule has 0 atom stereocenters. The molecule has 0 aromatic heterocycles. The molecule has 0 heterocycles. The van der Waals surface area contributed by atoms with E-state index >= 15 is 0 Å². The average molecular weight is 200 g/mol. The summed E-state index contributed by atoms with van der Waals surface area (Å²) in [5.41, 5.74) is 9.71. The average Bonchev–Trinajstić information content (AvgIpc) is 2.23. The molecule has 0 spiro atoms. The highest BCUT2D eigenvalue weighted by molar-refractivity contribution is 5.75. The smallest absolute Gasteiger partial charge is 0.0320 e. The summed E-state index contributed by atoms with van der Waals surface area (Å²) in [5, 5.41) is 7.02. The van der Waals surface area contributed by atoms with Crippen LogP contribution in [0, 0.1) is 12.3 Å². The second-order valence-electron chi connectivity index (χ2n) is 3.53. The fourth-order valence-corrected chi connectivity index (χ4v) is 1.19. The lowest BCUT2D eigenvalue weighted by Crippen LogP contribution is -1.87. The molecular weight excluding hydrogens is 184 g/mol. The van der Waals surface area contributed by atoms with E-state index in [1.807, 2.05) is 50.3 Å². The van der Waals surface area contributed by atoms with Crippen molar-refractivity contribution in [2.45, 2.75) is 13.8 Å². The number of hydrogen-bond acceptors (Lipinski definition) is 2. The zero-order chi connectivity index (χ0) is 11.3.